The Morgan fingerprint density at radius 1 is 1.40 bits per heavy atom. The molecule has 0 atom stereocenters. The summed E-state index contributed by atoms with van der Waals surface area (Å²) in [5.74, 6) is 0.347. The number of amidine groups is 1. The average Bonchev–Trinajstić information content (AvgIpc) is 2.91. The second kappa shape index (κ2) is 6.41. The summed E-state index contributed by atoms with van der Waals surface area (Å²) in [4.78, 5) is 14.3. The van der Waals surface area contributed by atoms with Crippen LogP contribution >= 0.6 is 0 Å². The van der Waals surface area contributed by atoms with Crippen molar-refractivity contribution in [3.05, 3.63) is 35.4 Å². The summed E-state index contributed by atoms with van der Waals surface area (Å²) in [6, 6.07) is 8.22. The predicted molar refractivity (Wildman–Crippen MR) is 77.6 cm³/mol. The summed E-state index contributed by atoms with van der Waals surface area (Å²) in [6.45, 7) is 3.09. The van der Waals surface area contributed by atoms with E-state index in [0.717, 1.165) is 12.8 Å². The number of hydrogen-bond donors (Lipinski definition) is 2. The minimum absolute atomic E-state index is 0.0274. The van der Waals surface area contributed by atoms with E-state index in [-0.39, 0.29) is 17.7 Å². The van der Waals surface area contributed by atoms with Crippen LogP contribution in [0.4, 0.5) is 0 Å². The van der Waals surface area contributed by atoms with E-state index in [2.05, 4.69) is 17.3 Å². The highest BCUT2D eigenvalue weighted by Crippen LogP contribution is 2.27. The van der Waals surface area contributed by atoms with Crippen molar-refractivity contribution in [2.24, 2.45) is 16.8 Å². The van der Waals surface area contributed by atoms with Crippen molar-refractivity contribution in [3.63, 3.8) is 0 Å². The van der Waals surface area contributed by atoms with Gasteiger partial charge >= 0.3 is 0 Å². The topological polar surface area (TPSA) is 78.9 Å². The smallest absolute Gasteiger partial charge is 0.226 e. The standard InChI is InChI=1S/C15H21N3O2/c1-2-18(8-7-14(16)17-20)15(19)13-9-11-5-3-4-6-12(11)10-13/h3-6,13,20H,2,7-10H2,1H3,(H2,16,17). The zero-order valence-corrected chi connectivity index (χ0v) is 11.7. The lowest BCUT2D eigenvalue weighted by molar-refractivity contribution is -0.134. The monoisotopic (exact) mass is 275 g/mol. The van der Waals surface area contributed by atoms with Crippen LogP contribution in [-0.4, -0.2) is 34.9 Å². The third-order valence-electron chi connectivity index (χ3n) is 3.86. The molecule has 0 aromatic heterocycles. The van der Waals surface area contributed by atoms with Crippen LogP contribution in [0.15, 0.2) is 29.4 Å². The summed E-state index contributed by atoms with van der Waals surface area (Å²) < 4.78 is 0. The van der Waals surface area contributed by atoms with Crippen molar-refractivity contribution in [1.29, 1.82) is 0 Å². The van der Waals surface area contributed by atoms with Crippen LogP contribution < -0.4 is 5.73 Å². The summed E-state index contributed by atoms with van der Waals surface area (Å²) in [7, 11) is 0. The summed E-state index contributed by atoms with van der Waals surface area (Å²) in [5.41, 5.74) is 8.01. The highest BCUT2D eigenvalue weighted by atomic mass is 16.4. The number of nitrogens with zero attached hydrogens (tertiary/aromatic N) is 2. The van der Waals surface area contributed by atoms with E-state index in [0.29, 0.717) is 19.5 Å². The van der Waals surface area contributed by atoms with E-state index in [1.165, 1.54) is 11.1 Å². The first kappa shape index (κ1) is 14.4. The Kier molecular flexibility index (Phi) is 4.61. The second-order valence-corrected chi connectivity index (χ2v) is 5.13. The Morgan fingerprint density at radius 3 is 2.50 bits per heavy atom. The fraction of sp³-hybridized carbons (Fsp3) is 0.467. The normalized spacial score (nSPS) is 15.2. The summed E-state index contributed by atoms with van der Waals surface area (Å²) in [6.07, 6.45) is 2.03. The molecule has 1 amide bonds. The van der Waals surface area contributed by atoms with Crippen LogP contribution in [0.1, 0.15) is 24.5 Å². The Balaban J connectivity index is 1.97. The Labute approximate surface area is 119 Å². The maximum absolute atomic E-state index is 12.5. The van der Waals surface area contributed by atoms with Crippen LogP contribution in [0, 0.1) is 5.92 Å². The number of carbonyl (C=O) groups is 1. The van der Waals surface area contributed by atoms with Crippen molar-refractivity contribution < 1.29 is 10.0 Å². The van der Waals surface area contributed by atoms with Gasteiger partial charge in [-0.05, 0) is 30.9 Å². The molecule has 1 aliphatic rings. The van der Waals surface area contributed by atoms with Gasteiger partial charge in [0, 0.05) is 25.4 Å². The molecule has 5 heteroatoms. The van der Waals surface area contributed by atoms with E-state index in [9.17, 15) is 4.79 Å². The van der Waals surface area contributed by atoms with Crippen LogP contribution in [0.3, 0.4) is 0 Å². The highest BCUT2D eigenvalue weighted by molar-refractivity contribution is 5.83. The summed E-state index contributed by atoms with van der Waals surface area (Å²) in [5, 5.41) is 11.5. The van der Waals surface area contributed by atoms with Gasteiger partial charge in [-0.3, -0.25) is 4.79 Å². The predicted octanol–water partition coefficient (Wildman–Crippen LogP) is 1.39. The van der Waals surface area contributed by atoms with Crippen LogP contribution in [0.2, 0.25) is 0 Å². The molecular formula is C15H21N3O2. The minimum atomic E-state index is 0.0274. The first-order valence-corrected chi connectivity index (χ1v) is 6.97. The maximum Gasteiger partial charge on any atom is 0.226 e. The second-order valence-electron chi connectivity index (χ2n) is 5.13. The third-order valence-corrected chi connectivity index (χ3v) is 3.86. The summed E-state index contributed by atoms with van der Waals surface area (Å²) >= 11 is 0. The van der Waals surface area contributed by atoms with E-state index >= 15 is 0 Å². The van der Waals surface area contributed by atoms with Crippen LogP contribution in [0.25, 0.3) is 0 Å². The molecule has 0 unspecified atom stereocenters. The van der Waals surface area contributed by atoms with E-state index in [4.69, 9.17) is 10.9 Å². The Bertz CT molecular complexity index is 489. The molecule has 3 N–H and O–H groups in total. The van der Waals surface area contributed by atoms with Gasteiger partial charge in [0.05, 0.1) is 0 Å². The number of nitrogens with two attached hydrogens (primary N) is 1. The molecule has 0 radical (unpaired) electrons. The molecule has 0 bridgehead atoms. The molecule has 1 aromatic carbocycles. The van der Waals surface area contributed by atoms with Crippen molar-refractivity contribution in [2.45, 2.75) is 26.2 Å². The van der Waals surface area contributed by atoms with Crippen LogP contribution in [-0.2, 0) is 17.6 Å². The van der Waals surface area contributed by atoms with Gasteiger partial charge in [0.2, 0.25) is 5.91 Å². The van der Waals surface area contributed by atoms with Gasteiger partial charge in [0.15, 0.2) is 0 Å². The van der Waals surface area contributed by atoms with Gasteiger partial charge in [-0.25, -0.2) is 0 Å². The quantitative estimate of drug-likeness (QED) is 0.369. The molecule has 2 rings (SSSR count). The van der Waals surface area contributed by atoms with Gasteiger partial charge in [-0.15, -0.1) is 0 Å². The Hall–Kier alpha value is -2.04. The number of amides is 1. The van der Waals surface area contributed by atoms with Crippen molar-refractivity contribution in [2.75, 3.05) is 13.1 Å². The zero-order valence-electron chi connectivity index (χ0n) is 11.7. The van der Waals surface area contributed by atoms with E-state index in [1.54, 1.807) is 4.90 Å². The van der Waals surface area contributed by atoms with Crippen LogP contribution in [0.5, 0.6) is 0 Å². The van der Waals surface area contributed by atoms with Gasteiger partial charge in [-0.2, -0.15) is 0 Å². The number of benzene rings is 1. The molecular weight excluding hydrogens is 254 g/mol. The minimum Gasteiger partial charge on any atom is -0.409 e. The molecule has 1 aromatic rings. The lowest BCUT2D eigenvalue weighted by Crippen LogP contribution is -2.38. The fourth-order valence-electron chi connectivity index (χ4n) is 2.72. The molecule has 0 spiro atoms. The number of rotatable bonds is 5. The van der Waals surface area contributed by atoms with Gasteiger partial charge in [-0.1, -0.05) is 29.4 Å². The van der Waals surface area contributed by atoms with Gasteiger partial charge in [0.25, 0.3) is 0 Å². The van der Waals surface area contributed by atoms with Crippen molar-refractivity contribution in [3.8, 4) is 0 Å². The molecule has 0 aliphatic heterocycles. The molecule has 0 fully saturated rings. The van der Waals surface area contributed by atoms with E-state index < -0.39 is 0 Å². The molecule has 0 saturated carbocycles. The van der Waals surface area contributed by atoms with Crippen molar-refractivity contribution >= 4 is 11.7 Å². The first-order valence-electron chi connectivity index (χ1n) is 6.97. The largest absolute Gasteiger partial charge is 0.409 e. The Morgan fingerprint density at radius 2 is 2.00 bits per heavy atom. The third kappa shape index (κ3) is 3.10. The SMILES string of the molecule is CCN(CC/C(N)=N/O)C(=O)C1Cc2ccccc2C1. The number of carbonyl (C=O) groups excluding carboxylic acids is 1. The van der Waals surface area contributed by atoms with Crippen molar-refractivity contribution in [1.82, 2.24) is 4.90 Å². The van der Waals surface area contributed by atoms with Gasteiger partial charge in [0.1, 0.15) is 5.84 Å². The lowest BCUT2D eigenvalue weighted by Gasteiger charge is -2.24. The molecule has 20 heavy (non-hydrogen) atoms. The molecule has 5 nitrogen and oxygen atoms in total. The first-order chi connectivity index (χ1) is 9.65. The molecule has 1 aliphatic carbocycles. The lowest BCUT2D eigenvalue weighted by atomic mass is 10.0. The van der Waals surface area contributed by atoms with E-state index in [1.807, 2.05) is 19.1 Å². The zero-order chi connectivity index (χ0) is 14.5. The molecule has 108 valence electrons. The molecule has 0 heterocycles. The number of hydrogen-bond acceptors (Lipinski definition) is 3. The number of oxime groups is 1. The number of fused-ring (bicyclic) bond motifs is 1. The highest BCUT2D eigenvalue weighted by Gasteiger charge is 2.29. The maximum atomic E-state index is 12.5. The fourth-order valence-corrected chi connectivity index (χ4v) is 2.72. The average molecular weight is 275 g/mol. The molecule has 0 saturated heterocycles. The van der Waals surface area contributed by atoms with Gasteiger partial charge < -0.3 is 15.8 Å².